The molecule has 3 nitrogen and oxygen atoms in total. The van der Waals surface area contributed by atoms with Gasteiger partial charge in [0.15, 0.2) is 0 Å². The highest BCUT2D eigenvalue weighted by atomic mass is 79.9. The lowest BCUT2D eigenvalue weighted by Gasteiger charge is -1.82. The molecule has 2 heterocycles. The predicted molar refractivity (Wildman–Crippen MR) is 53.0 cm³/mol. The lowest BCUT2D eigenvalue weighted by Crippen LogP contribution is -1.71. The van der Waals surface area contributed by atoms with Crippen LogP contribution >= 0.6 is 43.2 Å². The van der Waals surface area contributed by atoms with Gasteiger partial charge in [-0.2, -0.15) is 0 Å². The van der Waals surface area contributed by atoms with E-state index in [9.17, 15) is 0 Å². The Morgan fingerprint density at radius 1 is 1.33 bits per heavy atom. The van der Waals surface area contributed by atoms with Gasteiger partial charge in [0.2, 0.25) is 5.89 Å². The fourth-order valence-corrected chi connectivity index (χ4v) is 2.11. The molecule has 0 saturated carbocycles. The van der Waals surface area contributed by atoms with Gasteiger partial charge in [-0.15, -0.1) is 21.5 Å². The molecule has 0 aromatic carbocycles. The Kier molecular flexibility index (Phi) is 2.29. The van der Waals surface area contributed by atoms with Gasteiger partial charge in [0.05, 0.1) is 9.35 Å². The summed E-state index contributed by atoms with van der Waals surface area (Å²) in [5.41, 5.74) is 0.935. The number of nitrogens with zero attached hydrogens (tertiary/aromatic N) is 2. The number of aromatic nitrogens is 2. The van der Waals surface area contributed by atoms with Crippen molar-refractivity contribution >= 4 is 43.2 Å². The smallest absolute Gasteiger partial charge is 0.285 e. The number of thiophene rings is 1. The van der Waals surface area contributed by atoms with Crippen LogP contribution in [0, 0.1) is 0 Å². The van der Waals surface area contributed by atoms with Crippen molar-refractivity contribution in [1.82, 2.24) is 10.2 Å². The third-order valence-corrected chi connectivity index (χ3v) is 3.04. The van der Waals surface area contributed by atoms with Crippen LogP contribution in [0.2, 0.25) is 0 Å². The Morgan fingerprint density at radius 2 is 2.17 bits per heavy atom. The van der Waals surface area contributed by atoms with E-state index in [1.165, 1.54) is 0 Å². The third kappa shape index (κ3) is 1.60. The van der Waals surface area contributed by atoms with Gasteiger partial charge in [0, 0.05) is 21.3 Å². The van der Waals surface area contributed by atoms with Crippen LogP contribution in [0.1, 0.15) is 0 Å². The van der Waals surface area contributed by atoms with Crippen molar-refractivity contribution in [3.05, 3.63) is 20.0 Å². The standard InChI is InChI=1S/C6H2Br2N2OS/c7-4-1-3(2-12-4)5-9-10-6(8)11-5/h1-2H. The maximum atomic E-state index is 5.16. The minimum Gasteiger partial charge on any atom is -0.411 e. The van der Waals surface area contributed by atoms with Crippen LogP contribution in [0.25, 0.3) is 11.5 Å². The molecule has 6 heteroatoms. The summed E-state index contributed by atoms with van der Waals surface area (Å²) in [6, 6.07) is 1.94. The minimum atomic E-state index is 0.403. The van der Waals surface area contributed by atoms with Crippen LogP contribution in [0.4, 0.5) is 0 Å². The predicted octanol–water partition coefficient (Wildman–Crippen LogP) is 3.32. The first-order valence-corrected chi connectivity index (χ1v) is 5.45. The maximum Gasteiger partial charge on any atom is 0.285 e. The average molecular weight is 310 g/mol. The monoisotopic (exact) mass is 308 g/mol. The Balaban J connectivity index is 2.43. The average Bonchev–Trinajstić information content (AvgIpc) is 2.58. The van der Waals surface area contributed by atoms with E-state index < -0.39 is 0 Å². The Hall–Kier alpha value is -0.200. The van der Waals surface area contributed by atoms with E-state index in [-0.39, 0.29) is 0 Å². The highest BCUT2D eigenvalue weighted by Gasteiger charge is 2.07. The molecule has 0 atom stereocenters. The number of rotatable bonds is 1. The van der Waals surface area contributed by atoms with Gasteiger partial charge < -0.3 is 4.42 Å². The van der Waals surface area contributed by atoms with E-state index in [0.29, 0.717) is 10.7 Å². The Labute approximate surface area is 89.1 Å². The second kappa shape index (κ2) is 3.27. The van der Waals surface area contributed by atoms with E-state index in [1.54, 1.807) is 11.3 Å². The highest BCUT2D eigenvalue weighted by Crippen LogP contribution is 2.28. The first kappa shape index (κ1) is 8.40. The molecule has 2 rings (SSSR count). The summed E-state index contributed by atoms with van der Waals surface area (Å²) in [4.78, 5) is 0.403. The molecule has 62 valence electrons. The van der Waals surface area contributed by atoms with Gasteiger partial charge in [-0.05, 0) is 22.0 Å². The summed E-state index contributed by atoms with van der Waals surface area (Å²) in [5, 5.41) is 9.46. The molecule has 0 amide bonds. The normalized spacial score (nSPS) is 10.5. The first-order valence-electron chi connectivity index (χ1n) is 2.99. The van der Waals surface area contributed by atoms with E-state index in [0.717, 1.165) is 9.35 Å². The number of hydrogen-bond acceptors (Lipinski definition) is 4. The van der Waals surface area contributed by atoms with E-state index in [2.05, 4.69) is 42.1 Å². The molecular weight excluding hydrogens is 308 g/mol. The quantitative estimate of drug-likeness (QED) is 0.811. The van der Waals surface area contributed by atoms with Gasteiger partial charge in [0.25, 0.3) is 4.80 Å². The molecule has 0 N–H and O–H groups in total. The van der Waals surface area contributed by atoms with Gasteiger partial charge in [0.1, 0.15) is 0 Å². The number of halogens is 2. The van der Waals surface area contributed by atoms with Crippen LogP contribution in [0.3, 0.4) is 0 Å². The van der Waals surface area contributed by atoms with Crippen molar-refractivity contribution in [2.24, 2.45) is 0 Å². The van der Waals surface area contributed by atoms with Crippen molar-refractivity contribution in [3.8, 4) is 11.5 Å². The van der Waals surface area contributed by atoms with Crippen LogP contribution in [-0.2, 0) is 0 Å². The molecule has 0 spiro atoms. The SMILES string of the molecule is Brc1nnc(-c2csc(Br)c2)o1. The molecule has 0 aliphatic carbocycles. The van der Waals surface area contributed by atoms with Crippen LogP contribution < -0.4 is 0 Å². The van der Waals surface area contributed by atoms with Crippen LogP contribution in [0.15, 0.2) is 24.4 Å². The van der Waals surface area contributed by atoms with E-state index in [1.807, 2.05) is 11.4 Å². The molecule has 0 bridgehead atoms. The lowest BCUT2D eigenvalue weighted by atomic mass is 10.3. The molecule has 0 aliphatic heterocycles. The van der Waals surface area contributed by atoms with Crippen LogP contribution in [-0.4, -0.2) is 10.2 Å². The summed E-state index contributed by atoms with van der Waals surface area (Å²) in [6.45, 7) is 0. The van der Waals surface area contributed by atoms with Crippen molar-refractivity contribution in [2.45, 2.75) is 0 Å². The van der Waals surface area contributed by atoms with E-state index in [4.69, 9.17) is 4.42 Å². The van der Waals surface area contributed by atoms with Gasteiger partial charge in [-0.1, -0.05) is 0 Å². The zero-order chi connectivity index (χ0) is 8.55. The van der Waals surface area contributed by atoms with Gasteiger partial charge in [-0.3, -0.25) is 0 Å². The van der Waals surface area contributed by atoms with Crippen LogP contribution in [0.5, 0.6) is 0 Å². The fraction of sp³-hybridized carbons (Fsp3) is 0. The fourth-order valence-electron chi connectivity index (χ4n) is 0.744. The van der Waals surface area contributed by atoms with E-state index >= 15 is 0 Å². The maximum absolute atomic E-state index is 5.16. The summed E-state index contributed by atoms with van der Waals surface area (Å²) in [5.74, 6) is 0.531. The highest BCUT2D eigenvalue weighted by molar-refractivity contribution is 9.11. The second-order valence-corrected chi connectivity index (χ2v) is 4.97. The molecule has 0 radical (unpaired) electrons. The summed E-state index contributed by atoms with van der Waals surface area (Å²) < 4.78 is 6.21. The lowest BCUT2D eigenvalue weighted by molar-refractivity contribution is 0.540. The van der Waals surface area contributed by atoms with Gasteiger partial charge in [-0.25, -0.2) is 0 Å². The zero-order valence-electron chi connectivity index (χ0n) is 5.62. The summed E-state index contributed by atoms with van der Waals surface area (Å²) in [6.07, 6.45) is 0. The molecule has 0 aliphatic rings. The summed E-state index contributed by atoms with van der Waals surface area (Å²) >= 11 is 8.02. The zero-order valence-corrected chi connectivity index (χ0v) is 9.61. The second-order valence-electron chi connectivity index (χ2n) is 2.00. The molecule has 0 fully saturated rings. The van der Waals surface area contributed by atoms with Crippen molar-refractivity contribution < 1.29 is 4.42 Å². The molecule has 0 saturated heterocycles. The molecular formula is C6H2Br2N2OS. The Bertz CT molecular complexity index is 359. The Morgan fingerprint density at radius 3 is 2.67 bits per heavy atom. The van der Waals surface area contributed by atoms with Crippen molar-refractivity contribution in [2.75, 3.05) is 0 Å². The number of hydrogen-bond donors (Lipinski definition) is 0. The largest absolute Gasteiger partial charge is 0.411 e. The van der Waals surface area contributed by atoms with Crippen molar-refractivity contribution in [1.29, 1.82) is 0 Å². The molecule has 2 aromatic heterocycles. The molecule has 12 heavy (non-hydrogen) atoms. The van der Waals surface area contributed by atoms with Crippen molar-refractivity contribution in [3.63, 3.8) is 0 Å². The third-order valence-electron chi connectivity index (χ3n) is 1.21. The first-order chi connectivity index (χ1) is 5.75. The minimum absolute atomic E-state index is 0.403. The molecule has 2 aromatic rings. The molecule has 0 unspecified atom stereocenters. The summed E-state index contributed by atoms with van der Waals surface area (Å²) in [7, 11) is 0. The topological polar surface area (TPSA) is 38.9 Å². The van der Waals surface area contributed by atoms with Gasteiger partial charge >= 0.3 is 0 Å².